The topological polar surface area (TPSA) is 43.1 Å². The lowest BCUT2D eigenvalue weighted by Gasteiger charge is -2.54. The van der Waals surface area contributed by atoms with Gasteiger partial charge >= 0.3 is 0 Å². The van der Waals surface area contributed by atoms with Crippen molar-refractivity contribution in [3.8, 4) is 0 Å². The van der Waals surface area contributed by atoms with Crippen LogP contribution >= 0.6 is 0 Å². The number of rotatable bonds is 3. The molecule has 0 radical (unpaired) electrons. The summed E-state index contributed by atoms with van der Waals surface area (Å²) in [7, 11) is 0. The third-order valence-corrected chi connectivity index (χ3v) is 6.39. The average Bonchev–Trinajstić information content (AvgIpc) is 2.64. The lowest BCUT2D eigenvalue weighted by Crippen LogP contribution is -2.46. The van der Waals surface area contributed by atoms with Crippen LogP contribution in [0.2, 0.25) is 0 Å². The highest BCUT2D eigenvalue weighted by atomic mass is 19.1. The van der Waals surface area contributed by atoms with Crippen molar-refractivity contribution in [1.29, 1.82) is 0 Å². The first kappa shape index (κ1) is 15.3. The zero-order chi connectivity index (χ0) is 16.8. The van der Waals surface area contributed by atoms with Crippen LogP contribution < -0.4 is 0 Å². The van der Waals surface area contributed by atoms with Crippen LogP contribution in [0.3, 0.4) is 0 Å². The Kier molecular flexibility index (Phi) is 3.44. The van der Waals surface area contributed by atoms with E-state index in [1.807, 2.05) is 24.3 Å². The molecule has 0 aromatic heterocycles. The van der Waals surface area contributed by atoms with E-state index in [4.69, 9.17) is 0 Å². The molecule has 3 fully saturated rings. The third-order valence-electron chi connectivity index (χ3n) is 6.39. The van der Waals surface area contributed by atoms with Gasteiger partial charge in [0.1, 0.15) is 5.82 Å². The molecule has 124 valence electrons. The molecule has 2 aromatic carbocycles. The quantitative estimate of drug-likeness (QED) is 0.569. The molecule has 2 aromatic rings. The number of halogens is 1. The van der Waals surface area contributed by atoms with Crippen LogP contribution in [0.5, 0.6) is 0 Å². The van der Waals surface area contributed by atoms with Gasteiger partial charge < -0.3 is 0 Å². The minimum absolute atomic E-state index is 0.155. The molecule has 0 unspecified atom stereocenters. The Morgan fingerprint density at radius 1 is 0.750 bits per heavy atom. The van der Waals surface area contributed by atoms with E-state index >= 15 is 0 Å². The lowest BCUT2D eigenvalue weighted by atomic mass is 9.50. The van der Waals surface area contributed by atoms with E-state index in [-0.39, 0.29) is 27.3 Å². The van der Waals surface area contributed by atoms with Crippen molar-refractivity contribution in [3.05, 3.63) is 75.6 Å². The summed E-state index contributed by atoms with van der Waals surface area (Å²) >= 11 is 0. The van der Waals surface area contributed by atoms with E-state index in [0.717, 1.165) is 38.5 Å². The maximum Gasteiger partial charge on any atom is 0.269 e. The molecule has 3 saturated carbocycles. The molecule has 0 heterocycles. The number of hydrogen-bond acceptors (Lipinski definition) is 2. The summed E-state index contributed by atoms with van der Waals surface area (Å²) in [5, 5.41) is 10.8. The molecular formula is C20H20FNO2. The highest BCUT2D eigenvalue weighted by molar-refractivity contribution is 5.39. The first-order valence-electron chi connectivity index (χ1n) is 8.54. The highest BCUT2D eigenvalue weighted by Gasteiger charge is 2.49. The number of nitro benzene ring substituents is 1. The summed E-state index contributed by atoms with van der Waals surface area (Å²) in [4.78, 5) is 10.5. The van der Waals surface area contributed by atoms with Crippen molar-refractivity contribution in [3.63, 3.8) is 0 Å². The Morgan fingerprint density at radius 2 is 1.12 bits per heavy atom. The van der Waals surface area contributed by atoms with Crippen LogP contribution in [0, 0.1) is 15.9 Å². The third kappa shape index (κ3) is 2.32. The number of fused-ring (bicyclic) bond motifs is 3. The fourth-order valence-electron chi connectivity index (χ4n) is 4.79. The molecule has 0 aliphatic heterocycles. The van der Waals surface area contributed by atoms with E-state index in [1.165, 1.54) is 11.1 Å². The van der Waals surface area contributed by atoms with Crippen LogP contribution in [0.15, 0.2) is 48.5 Å². The lowest BCUT2D eigenvalue weighted by molar-refractivity contribution is -0.384. The Labute approximate surface area is 140 Å². The Morgan fingerprint density at radius 3 is 1.50 bits per heavy atom. The maximum absolute atomic E-state index is 13.2. The minimum atomic E-state index is -0.344. The van der Waals surface area contributed by atoms with Crippen molar-refractivity contribution in [1.82, 2.24) is 0 Å². The van der Waals surface area contributed by atoms with Gasteiger partial charge in [0.25, 0.3) is 5.69 Å². The first-order valence-corrected chi connectivity index (χ1v) is 8.54. The van der Waals surface area contributed by atoms with Crippen LogP contribution in [-0.2, 0) is 10.8 Å². The van der Waals surface area contributed by atoms with E-state index < -0.39 is 0 Å². The molecule has 0 saturated heterocycles. The van der Waals surface area contributed by atoms with Gasteiger partial charge in [-0.3, -0.25) is 10.1 Å². The molecule has 3 aliphatic carbocycles. The van der Waals surface area contributed by atoms with Gasteiger partial charge in [-0.25, -0.2) is 4.39 Å². The van der Waals surface area contributed by atoms with Gasteiger partial charge in [0, 0.05) is 12.1 Å². The number of benzene rings is 2. The summed E-state index contributed by atoms with van der Waals surface area (Å²) in [6.07, 6.45) is 6.62. The molecular weight excluding hydrogens is 305 g/mol. The standard InChI is InChI=1S/C20H20FNO2/c21-17-5-1-15(2-6-17)19-9-12-20(13-10-19,14-11-19)16-3-7-18(8-4-16)22(23)24/h1-8H,9-14H2. The molecule has 3 aliphatic rings. The van der Waals surface area contributed by atoms with E-state index in [2.05, 4.69) is 0 Å². The summed E-state index contributed by atoms with van der Waals surface area (Å²) in [5.74, 6) is -0.179. The Hall–Kier alpha value is -2.23. The summed E-state index contributed by atoms with van der Waals surface area (Å²) < 4.78 is 13.2. The SMILES string of the molecule is O=[N+]([O-])c1ccc(C23CCC(c4ccc(F)cc4)(CC2)CC3)cc1. The molecule has 3 nitrogen and oxygen atoms in total. The van der Waals surface area contributed by atoms with Gasteiger partial charge in [0.15, 0.2) is 0 Å². The van der Waals surface area contributed by atoms with Gasteiger partial charge in [-0.15, -0.1) is 0 Å². The van der Waals surface area contributed by atoms with Crippen molar-refractivity contribution in [2.45, 2.75) is 49.4 Å². The van der Waals surface area contributed by atoms with Gasteiger partial charge in [-0.2, -0.15) is 0 Å². The Balaban J connectivity index is 1.58. The molecule has 0 amide bonds. The first-order chi connectivity index (χ1) is 11.5. The highest BCUT2D eigenvalue weighted by Crippen LogP contribution is 2.58. The average molecular weight is 325 g/mol. The minimum Gasteiger partial charge on any atom is -0.258 e. The number of non-ortho nitro benzene ring substituents is 1. The maximum atomic E-state index is 13.2. The van der Waals surface area contributed by atoms with Crippen LogP contribution in [0.1, 0.15) is 49.7 Å². The molecule has 0 atom stereocenters. The Bertz CT molecular complexity index is 743. The fraction of sp³-hybridized carbons (Fsp3) is 0.400. The molecule has 4 heteroatoms. The van der Waals surface area contributed by atoms with Gasteiger partial charge in [-0.1, -0.05) is 24.3 Å². The van der Waals surface area contributed by atoms with Gasteiger partial charge in [0.2, 0.25) is 0 Å². The summed E-state index contributed by atoms with van der Waals surface area (Å²) in [6, 6.07) is 14.1. The van der Waals surface area contributed by atoms with Crippen LogP contribution in [-0.4, -0.2) is 4.92 Å². The van der Waals surface area contributed by atoms with Crippen molar-refractivity contribution in [2.75, 3.05) is 0 Å². The van der Waals surface area contributed by atoms with Crippen molar-refractivity contribution in [2.24, 2.45) is 0 Å². The normalized spacial score (nSPS) is 28.7. The number of hydrogen-bond donors (Lipinski definition) is 0. The molecule has 0 N–H and O–H groups in total. The second-order valence-corrected chi connectivity index (χ2v) is 7.37. The van der Waals surface area contributed by atoms with Crippen molar-refractivity contribution >= 4 is 5.69 Å². The second-order valence-electron chi connectivity index (χ2n) is 7.37. The second kappa shape index (κ2) is 5.40. The van der Waals surface area contributed by atoms with Crippen LogP contribution in [0.4, 0.5) is 10.1 Å². The van der Waals surface area contributed by atoms with Crippen LogP contribution in [0.25, 0.3) is 0 Å². The zero-order valence-corrected chi connectivity index (χ0v) is 13.5. The molecule has 24 heavy (non-hydrogen) atoms. The van der Waals surface area contributed by atoms with Gasteiger partial charge in [-0.05, 0) is 72.6 Å². The summed E-state index contributed by atoms with van der Waals surface area (Å²) in [6.45, 7) is 0. The summed E-state index contributed by atoms with van der Waals surface area (Å²) in [5.41, 5.74) is 3.01. The van der Waals surface area contributed by atoms with Gasteiger partial charge in [0.05, 0.1) is 4.92 Å². The predicted octanol–water partition coefficient (Wildman–Crippen LogP) is 5.28. The number of nitrogens with zero attached hydrogens (tertiary/aromatic N) is 1. The number of nitro groups is 1. The van der Waals surface area contributed by atoms with E-state index in [0.29, 0.717) is 0 Å². The molecule has 5 rings (SSSR count). The molecule has 0 spiro atoms. The van der Waals surface area contributed by atoms with Crippen molar-refractivity contribution < 1.29 is 9.31 Å². The molecule has 2 bridgehead atoms. The monoisotopic (exact) mass is 325 g/mol. The largest absolute Gasteiger partial charge is 0.269 e. The fourth-order valence-corrected chi connectivity index (χ4v) is 4.79. The van der Waals surface area contributed by atoms with E-state index in [1.54, 1.807) is 24.3 Å². The smallest absolute Gasteiger partial charge is 0.258 e. The van der Waals surface area contributed by atoms with E-state index in [9.17, 15) is 14.5 Å². The predicted molar refractivity (Wildman–Crippen MR) is 90.6 cm³/mol. The zero-order valence-electron chi connectivity index (χ0n) is 13.5.